The first-order valence-electron chi connectivity index (χ1n) is 13.3. The van der Waals surface area contributed by atoms with E-state index in [4.69, 9.17) is 19.4 Å². The molecule has 1 unspecified atom stereocenters. The van der Waals surface area contributed by atoms with Gasteiger partial charge in [0.25, 0.3) is 5.97 Å². The molecule has 0 spiro atoms. The van der Waals surface area contributed by atoms with Crippen LogP contribution in [0.25, 0.3) is 5.57 Å². The maximum Gasteiger partial charge on any atom is 0.338 e. The molecule has 0 radical (unpaired) electrons. The van der Waals surface area contributed by atoms with Crippen molar-refractivity contribution in [1.29, 1.82) is 0 Å². The average molecular weight is 676 g/mol. The van der Waals surface area contributed by atoms with Crippen LogP contribution in [0.4, 0.5) is 5.69 Å². The minimum Gasteiger partial charge on any atom is -0.481 e. The number of aliphatic carboxylic acids is 1. The van der Waals surface area contributed by atoms with Crippen LogP contribution < -0.4 is 9.64 Å². The largest absolute Gasteiger partial charge is 0.481 e. The van der Waals surface area contributed by atoms with Gasteiger partial charge in [0, 0.05) is 51.7 Å². The van der Waals surface area contributed by atoms with Crippen LogP contribution in [0.2, 0.25) is 0 Å². The van der Waals surface area contributed by atoms with Gasteiger partial charge >= 0.3 is 5.97 Å². The van der Waals surface area contributed by atoms with E-state index in [2.05, 4.69) is 93.6 Å². The zero-order valence-electron chi connectivity index (χ0n) is 23.8. The molecule has 9 heteroatoms. The molecule has 0 saturated heterocycles. The predicted molar refractivity (Wildman–Crippen MR) is 167 cm³/mol. The summed E-state index contributed by atoms with van der Waals surface area (Å²) in [6.45, 7) is 13.3. The molecule has 0 aromatic heterocycles. The van der Waals surface area contributed by atoms with E-state index in [0.29, 0.717) is 5.56 Å². The number of nitrogens with zero attached hydrogens (tertiary/aromatic N) is 2. The van der Waals surface area contributed by atoms with E-state index in [0.717, 1.165) is 81.5 Å². The number of carbonyl (C=O) groups excluding carboxylic acids is 1. The van der Waals surface area contributed by atoms with Crippen molar-refractivity contribution in [2.45, 2.75) is 40.7 Å². The quantitative estimate of drug-likeness (QED) is 0.295. The molecule has 0 saturated carbocycles. The Morgan fingerprint density at radius 2 is 1.62 bits per heavy atom. The van der Waals surface area contributed by atoms with Gasteiger partial charge in [0.15, 0.2) is 0 Å². The first kappa shape index (κ1) is 31.6. The Morgan fingerprint density at radius 1 is 1.00 bits per heavy atom. The van der Waals surface area contributed by atoms with Gasteiger partial charge in [0.2, 0.25) is 0 Å². The standard InChI is InChI=1S/C29H32Br2N2O3.C2H4O2/c1-6-32(7-2)24-16-26-20(14-22(24)30)28(18-12-10-11-13-19(18)29(34)35-5)21-15-23(31)25(17-27(21)36-26)33(8-3)9-4;1-2(3)4/h10-17,24H,6-9H2,1-5H3;1H3,(H,3,4). The highest BCUT2D eigenvalue weighted by atomic mass is 79.9. The number of carboxylic acid groups (broad SMARTS) is 1. The fraction of sp³-hybridized carbons (Fsp3) is 0.355. The van der Waals surface area contributed by atoms with E-state index in [1.165, 1.54) is 7.11 Å². The normalized spacial score (nSPS) is 15.6. The number of anilines is 1. The summed E-state index contributed by atoms with van der Waals surface area (Å²) in [6.07, 6.45) is 4.31. The van der Waals surface area contributed by atoms with Crippen LogP contribution in [0, 0.1) is 0 Å². The molecule has 2 aromatic rings. The van der Waals surface area contributed by atoms with Gasteiger partial charge in [0.1, 0.15) is 11.5 Å². The van der Waals surface area contributed by atoms with Crippen LogP contribution >= 0.6 is 31.9 Å². The number of hydrogen-bond acceptors (Lipinski definition) is 6. The fourth-order valence-electron chi connectivity index (χ4n) is 4.96. The second-order valence-corrected chi connectivity index (χ2v) is 10.9. The number of carboxylic acids is 1. The summed E-state index contributed by atoms with van der Waals surface area (Å²) in [7, 11) is 1.42. The van der Waals surface area contributed by atoms with Gasteiger partial charge in [-0.05, 0) is 72.7 Å². The SMILES string of the molecule is CC(=O)O.CCN(CC)c1cc2c(cc1Br)C(c1ccccc1C(=O)OC)=C1C=C(Br)C(N(CC)CC)C=C1O2. The maximum absolute atomic E-state index is 12.8. The summed E-state index contributed by atoms with van der Waals surface area (Å²) in [4.78, 5) is 26.4. The number of methoxy groups -OCH3 is 1. The summed E-state index contributed by atoms with van der Waals surface area (Å²) >= 11 is 7.65. The Balaban J connectivity index is 0.00000103. The van der Waals surface area contributed by atoms with Gasteiger partial charge in [-0.2, -0.15) is 0 Å². The smallest absolute Gasteiger partial charge is 0.338 e. The highest BCUT2D eigenvalue weighted by Crippen LogP contribution is 2.48. The van der Waals surface area contributed by atoms with Crippen molar-refractivity contribution in [2.75, 3.05) is 38.2 Å². The number of benzene rings is 2. The average Bonchev–Trinajstić information content (AvgIpc) is 2.93. The van der Waals surface area contributed by atoms with Crippen LogP contribution in [0.15, 0.2) is 68.8 Å². The number of allylic oxidation sites excluding steroid dienone is 1. The van der Waals surface area contributed by atoms with Crippen molar-refractivity contribution in [1.82, 2.24) is 4.90 Å². The Hall–Kier alpha value is -2.88. The summed E-state index contributed by atoms with van der Waals surface area (Å²) in [5, 5.41) is 7.42. The minimum atomic E-state index is -0.833. The van der Waals surface area contributed by atoms with E-state index < -0.39 is 5.97 Å². The Kier molecular flexibility index (Phi) is 11.2. The van der Waals surface area contributed by atoms with Crippen LogP contribution in [0.3, 0.4) is 0 Å². The van der Waals surface area contributed by atoms with Crippen molar-refractivity contribution in [2.24, 2.45) is 0 Å². The van der Waals surface area contributed by atoms with Crippen LogP contribution in [-0.2, 0) is 9.53 Å². The van der Waals surface area contributed by atoms with Crippen molar-refractivity contribution in [3.63, 3.8) is 0 Å². The molecule has 7 nitrogen and oxygen atoms in total. The monoisotopic (exact) mass is 674 g/mol. The van der Waals surface area contributed by atoms with Crippen molar-refractivity contribution in [3.05, 3.63) is 85.5 Å². The fourth-order valence-corrected chi connectivity index (χ4v) is 6.21. The third kappa shape index (κ3) is 6.70. The lowest BCUT2D eigenvalue weighted by atomic mass is 9.85. The van der Waals surface area contributed by atoms with Gasteiger partial charge in [-0.25, -0.2) is 4.79 Å². The molecule has 4 rings (SSSR count). The number of carbonyl (C=O) groups is 2. The number of halogens is 2. The van der Waals surface area contributed by atoms with Crippen molar-refractivity contribution in [3.8, 4) is 5.75 Å². The lowest BCUT2D eigenvalue weighted by Gasteiger charge is -2.34. The van der Waals surface area contributed by atoms with Crippen molar-refractivity contribution < 1.29 is 24.2 Å². The highest BCUT2D eigenvalue weighted by molar-refractivity contribution is 9.11. The van der Waals surface area contributed by atoms with Gasteiger partial charge < -0.3 is 19.5 Å². The lowest BCUT2D eigenvalue weighted by molar-refractivity contribution is -0.134. The molecule has 1 atom stereocenters. The molecule has 1 N–H and O–H groups in total. The predicted octanol–water partition coefficient (Wildman–Crippen LogP) is 7.25. The first-order chi connectivity index (χ1) is 19.1. The van der Waals surface area contributed by atoms with Crippen molar-refractivity contribution >= 4 is 55.1 Å². The molecule has 0 fully saturated rings. The van der Waals surface area contributed by atoms with Gasteiger partial charge in [-0.15, -0.1) is 0 Å². The molecule has 2 aromatic carbocycles. The summed E-state index contributed by atoms with van der Waals surface area (Å²) < 4.78 is 13.8. The summed E-state index contributed by atoms with van der Waals surface area (Å²) in [5.41, 5.74) is 5.24. The van der Waals surface area contributed by atoms with Crippen LogP contribution in [0.1, 0.15) is 56.1 Å². The highest BCUT2D eigenvalue weighted by Gasteiger charge is 2.33. The van der Waals surface area contributed by atoms with E-state index in [1.807, 2.05) is 24.3 Å². The van der Waals surface area contributed by atoms with Crippen LogP contribution in [-0.4, -0.2) is 61.3 Å². The summed E-state index contributed by atoms with van der Waals surface area (Å²) in [6, 6.07) is 11.9. The van der Waals surface area contributed by atoms with E-state index in [1.54, 1.807) is 0 Å². The van der Waals surface area contributed by atoms with E-state index in [-0.39, 0.29) is 12.0 Å². The number of rotatable bonds is 8. The second kappa shape index (κ2) is 14.1. The van der Waals surface area contributed by atoms with Gasteiger partial charge in [-0.3, -0.25) is 9.69 Å². The lowest BCUT2D eigenvalue weighted by Crippen LogP contribution is -2.36. The second-order valence-electron chi connectivity index (χ2n) is 9.15. The Bertz CT molecular complexity index is 1350. The first-order valence-corrected chi connectivity index (χ1v) is 14.9. The number of hydrogen-bond donors (Lipinski definition) is 1. The molecular weight excluding hydrogens is 640 g/mol. The minimum absolute atomic E-state index is 0.0788. The number of ether oxygens (including phenoxy) is 2. The summed E-state index contributed by atoms with van der Waals surface area (Å²) in [5.74, 6) is 0.371. The molecule has 214 valence electrons. The van der Waals surface area contributed by atoms with Gasteiger partial charge in [0.05, 0.1) is 24.4 Å². The molecule has 2 aliphatic rings. The molecule has 0 bridgehead atoms. The molecule has 1 heterocycles. The zero-order valence-corrected chi connectivity index (χ0v) is 26.9. The zero-order chi connectivity index (χ0) is 29.6. The molecular formula is C31H36Br2N2O5. The molecule has 0 amide bonds. The topological polar surface area (TPSA) is 79.3 Å². The number of fused-ring (bicyclic) bond motifs is 2. The van der Waals surface area contributed by atoms with E-state index in [9.17, 15) is 4.79 Å². The molecule has 1 aliphatic carbocycles. The Morgan fingerprint density at radius 3 is 2.20 bits per heavy atom. The number of likely N-dealkylation sites (N-methyl/N-ethyl adjacent to an activating group) is 1. The van der Waals surface area contributed by atoms with Gasteiger partial charge in [-0.1, -0.05) is 48.0 Å². The van der Waals surface area contributed by atoms with E-state index >= 15 is 0 Å². The molecule has 1 aliphatic heterocycles. The Labute approximate surface area is 253 Å². The number of esters is 1. The third-order valence-electron chi connectivity index (χ3n) is 6.86. The third-order valence-corrected chi connectivity index (χ3v) is 8.19. The maximum atomic E-state index is 12.8. The molecule has 40 heavy (non-hydrogen) atoms. The van der Waals surface area contributed by atoms with Crippen LogP contribution in [0.5, 0.6) is 5.75 Å².